The van der Waals surface area contributed by atoms with E-state index >= 15 is 0 Å². The number of hydrogen-bond donors (Lipinski definition) is 1. The molecular formula is C9H13N3S2. The molecule has 1 aliphatic rings. The summed E-state index contributed by atoms with van der Waals surface area (Å²) in [5.74, 6) is 1.13. The van der Waals surface area contributed by atoms with E-state index in [0.29, 0.717) is 6.04 Å². The Balaban J connectivity index is 1.97. The molecule has 0 aliphatic carbocycles. The van der Waals surface area contributed by atoms with Crippen LogP contribution in [0.25, 0.3) is 0 Å². The lowest BCUT2D eigenvalue weighted by molar-refractivity contribution is 0.764. The van der Waals surface area contributed by atoms with E-state index in [1.165, 1.54) is 4.88 Å². The van der Waals surface area contributed by atoms with E-state index in [0.717, 1.165) is 23.2 Å². The summed E-state index contributed by atoms with van der Waals surface area (Å²) in [6, 6.07) is 0.557. The number of rotatable bonds is 2. The van der Waals surface area contributed by atoms with E-state index in [4.69, 9.17) is 0 Å². The van der Waals surface area contributed by atoms with Gasteiger partial charge in [0.25, 0.3) is 0 Å². The van der Waals surface area contributed by atoms with Crippen LogP contribution >= 0.6 is 23.1 Å². The number of nitrogens with one attached hydrogen (secondary N) is 1. The molecule has 2 heterocycles. The summed E-state index contributed by atoms with van der Waals surface area (Å²) in [7, 11) is 0. The van der Waals surface area contributed by atoms with Gasteiger partial charge in [-0.05, 0) is 13.8 Å². The maximum atomic E-state index is 4.52. The predicted molar refractivity (Wildman–Crippen MR) is 63.0 cm³/mol. The van der Waals surface area contributed by atoms with Crippen LogP contribution in [-0.2, 0) is 6.54 Å². The predicted octanol–water partition coefficient (Wildman–Crippen LogP) is 2.03. The van der Waals surface area contributed by atoms with Gasteiger partial charge in [0.2, 0.25) is 0 Å². The molecule has 76 valence electrons. The highest BCUT2D eigenvalue weighted by Gasteiger charge is 2.15. The monoisotopic (exact) mass is 227 g/mol. The minimum absolute atomic E-state index is 0.557. The average Bonchev–Trinajstić information content (AvgIpc) is 2.72. The third kappa shape index (κ3) is 2.27. The summed E-state index contributed by atoms with van der Waals surface area (Å²) in [6.07, 6.45) is 0. The van der Waals surface area contributed by atoms with Gasteiger partial charge in [0.15, 0.2) is 5.17 Å². The lowest BCUT2D eigenvalue weighted by Gasteiger charge is -2.00. The van der Waals surface area contributed by atoms with Gasteiger partial charge in [-0.15, -0.1) is 11.3 Å². The Bertz CT molecular complexity index is 346. The second kappa shape index (κ2) is 4.31. The molecule has 2 rings (SSSR count). The number of aromatic nitrogens is 1. The fraction of sp³-hybridized carbons (Fsp3) is 0.556. The Morgan fingerprint density at radius 3 is 3.14 bits per heavy atom. The van der Waals surface area contributed by atoms with E-state index in [1.54, 1.807) is 23.1 Å². The average molecular weight is 227 g/mol. The minimum atomic E-state index is 0.557. The Kier molecular flexibility index (Phi) is 3.08. The summed E-state index contributed by atoms with van der Waals surface area (Å²) < 4.78 is 0. The molecule has 0 aromatic carbocycles. The highest BCUT2D eigenvalue weighted by Crippen LogP contribution is 2.17. The molecule has 1 unspecified atom stereocenters. The van der Waals surface area contributed by atoms with Crippen molar-refractivity contribution in [3.63, 3.8) is 0 Å². The third-order valence-electron chi connectivity index (χ3n) is 2.05. The van der Waals surface area contributed by atoms with Crippen molar-refractivity contribution >= 4 is 28.3 Å². The van der Waals surface area contributed by atoms with Crippen molar-refractivity contribution in [2.75, 3.05) is 5.75 Å². The summed E-state index contributed by atoms with van der Waals surface area (Å²) >= 11 is 3.48. The van der Waals surface area contributed by atoms with E-state index in [1.807, 2.05) is 12.4 Å². The topological polar surface area (TPSA) is 37.3 Å². The number of hydrogen-bond acceptors (Lipinski definition) is 4. The van der Waals surface area contributed by atoms with Gasteiger partial charge in [0.05, 0.1) is 17.7 Å². The number of aryl methyl sites for hydroxylation is 1. The molecule has 5 heteroatoms. The van der Waals surface area contributed by atoms with Gasteiger partial charge in [-0.3, -0.25) is 4.99 Å². The van der Waals surface area contributed by atoms with Crippen molar-refractivity contribution in [3.8, 4) is 0 Å². The number of nitrogens with zero attached hydrogens (tertiary/aromatic N) is 2. The first-order valence-electron chi connectivity index (χ1n) is 4.58. The fourth-order valence-corrected chi connectivity index (χ4v) is 2.84. The van der Waals surface area contributed by atoms with Crippen molar-refractivity contribution in [1.29, 1.82) is 0 Å². The minimum Gasteiger partial charge on any atom is -0.362 e. The fourth-order valence-electron chi connectivity index (χ4n) is 1.21. The molecule has 1 aromatic heterocycles. The molecule has 1 saturated heterocycles. The molecule has 14 heavy (non-hydrogen) atoms. The smallest absolute Gasteiger partial charge is 0.157 e. The van der Waals surface area contributed by atoms with Crippen LogP contribution in [0.5, 0.6) is 0 Å². The van der Waals surface area contributed by atoms with Crippen molar-refractivity contribution in [1.82, 2.24) is 10.3 Å². The second-order valence-corrected chi connectivity index (χ2v) is 5.29. The van der Waals surface area contributed by atoms with Gasteiger partial charge in [-0.2, -0.15) is 0 Å². The van der Waals surface area contributed by atoms with Gasteiger partial charge in [-0.25, -0.2) is 4.98 Å². The summed E-state index contributed by atoms with van der Waals surface area (Å²) in [4.78, 5) is 9.98. The van der Waals surface area contributed by atoms with Crippen LogP contribution in [0.4, 0.5) is 0 Å². The zero-order valence-corrected chi connectivity index (χ0v) is 9.91. The van der Waals surface area contributed by atoms with Crippen LogP contribution in [0.3, 0.4) is 0 Å². The largest absolute Gasteiger partial charge is 0.362 e. The first-order valence-corrected chi connectivity index (χ1v) is 6.45. The normalized spacial score (nSPS) is 24.1. The zero-order chi connectivity index (χ0) is 9.97. The molecule has 1 atom stereocenters. The lowest BCUT2D eigenvalue weighted by atomic mass is 10.4. The van der Waals surface area contributed by atoms with E-state index in [9.17, 15) is 0 Å². The van der Waals surface area contributed by atoms with Crippen molar-refractivity contribution in [2.45, 2.75) is 26.4 Å². The molecule has 0 saturated carbocycles. The molecule has 0 amide bonds. The molecule has 0 spiro atoms. The van der Waals surface area contributed by atoms with Gasteiger partial charge in [0.1, 0.15) is 0 Å². The standard InChI is InChI=1S/C9H13N3S2/c1-6-4-13-9(12-6)10-3-8-7(2)11-5-14-8/h5-6H,3-4H2,1-2H3,(H,10,12). The quantitative estimate of drug-likeness (QED) is 0.840. The summed E-state index contributed by atoms with van der Waals surface area (Å²) in [5.41, 5.74) is 2.98. The Morgan fingerprint density at radius 1 is 1.71 bits per heavy atom. The molecule has 1 N–H and O–H groups in total. The summed E-state index contributed by atoms with van der Waals surface area (Å²) in [6.45, 7) is 4.97. The first-order chi connectivity index (χ1) is 6.75. The van der Waals surface area contributed by atoms with Gasteiger partial charge in [0, 0.05) is 16.7 Å². The summed E-state index contributed by atoms with van der Waals surface area (Å²) in [5, 5.41) is 4.41. The van der Waals surface area contributed by atoms with Crippen molar-refractivity contribution in [2.24, 2.45) is 4.99 Å². The molecule has 3 nitrogen and oxygen atoms in total. The molecule has 1 fully saturated rings. The second-order valence-electron chi connectivity index (χ2n) is 3.34. The van der Waals surface area contributed by atoms with E-state index in [-0.39, 0.29) is 0 Å². The number of thioether (sulfide) groups is 1. The maximum Gasteiger partial charge on any atom is 0.157 e. The van der Waals surface area contributed by atoms with E-state index in [2.05, 4.69) is 22.2 Å². The lowest BCUT2D eigenvalue weighted by Crippen LogP contribution is -2.23. The van der Waals surface area contributed by atoms with Crippen molar-refractivity contribution in [3.05, 3.63) is 16.1 Å². The maximum absolute atomic E-state index is 4.52. The Hall–Kier alpha value is -0.550. The van der Waals surface area contributed by atoms with Crippen LogP contribution in [0, 0.1) is 6.92 Å². The molecule has 0 bridgehead atoms. The third-order valence-corrected chi connectivity index (χ3v) is 4.16. The molecule has 1 aliphatic heterocycles. The van der Waals surface area contributed by atoms with Crippen LogP contribution < -0.4 is 5.32 Å². The van der Waals surface area contributed by atoms with Gasteiger partial charge >= 0.3 is 0 Å². The molecule has 0 radical (unpaired) electrons. The van der Waals surface area contributed by atoms with Crippen LogP contribution in [-0.4, -0.2) is 21.9 Å². The molecule has 1 aromatic rings. The highest BCUT2D eigenvalue weighted by atomic mass is 32.2. The molecular weight excluding hydrogens is 214 g/mol. The number of amidine groups is 1. The van der Waals surface area contributed by atoms with E-state index < -0.39 is 0 Å². The zero-order valence-electron chi connectivity index (χ0n) is 8.28. The first kappa shape index (κ1) is 9.98. The van der Waals surface area contributed by atoms with Crippen LogP contribution in [0.1, 0.15) is 17.5 Å². The number of aliphatic imine (C=N–C) groups is 1. The Labute approximate surface area is 92.0 Å². The van der Waals surface area contributed by atoms with Gasteiger partial charge in [-0.1, -0.05) is 11.8 Å². The Morgan fingerprint density at radius 2 is 2.57 bits per heavy atom. The highest BCUT2D eigenvalue weighted by molar-refractivity contribution is 8.14. The number of thiazole rings is 1. The van der Waals surface area contributed by atoms with Crippen LogP contribution in [0.2, 0.25) is 0 Å². The SMILES string of the molecule is Cc1ncsc1CN=C1NC(C)CS1. The van der Waals surface area contributed by atoms with Crippen molar-refractivity contribution < 1.29 is 0 Å². The van der Waals surface area contributed by atoms with Crippen LogP contribution in [0.15, 0.2) is 10.5 Å². The van der Waals surface area contributed by atoms with Gasteiger partial charge < -0.3 is 5.32 Å².